The first-order valence-electron chi connectivity index (χ1n) is 6.62. The summed E-state index contributed by atoms with van der Waals surface area (Å²) in [6, 6.07) is 13.5. The van der Waals surface area contributed by atoms with Crippen LogP contribution in [-0.4, -0.2) is 19.3 Å². The molecule has 1 N–H and O–H groups in total. The molecule has 4 heteroatoms. The fourth-order valence-electron chi connectivity index (χ4n) is 2.43. The Labute approximate surface area is 122 Å². The molecule has 108 valence electrons. The van der Waals surface area contributed by atoms with Gasteiger partial charge in [-0.15, -0.1) is 0 Å². The van der Waals surface area contributed by atoms with E-state index in [4.69, 9.17) is 13.9 Å². The van der Waals surface area contributed by atoms with E-state index in [0.717, 1.165) is 22.3 Å². The lowest BCUT2D eigenvalue weighted by Crippen LogP contribution is -1.94. The number of hydrogen-bond acceptors (Lipinski definition) is 4. The molecule has 0 unspecified atom stereocenters. The lowest BCUT2D eigenvalue weighted by Gasteiger charge is -2.09. The highest BCUT2D eigenvalue weighted by molar-refractivity contribution is 5.92. The monoisotopic (exact) mass is 284 g/mol. The fourth-order valence-corrected chi connectivity index (χ4v) is 2.43. The molecule has 1 aromatic heterocycles. The summed E-state index contributed by atoms with van der Waals surface area (Å²) in [4.78, 5) is 0. The van der Waals surface area contributed by atoms with E-state index in [0.29, 0.717) is 17.1 Å². The molecule has 0 aliphatic carbocycles. The third-order valence-corrected chi connectivity index (χ3v) is 3.47. The quantitative estimate of drug-likeness (QED) is 0.795. The van der Waals surface area contributed by atoms with E-state index in [2.05, 4.69) is 0 Å². The Morgan fingerprint density at radius 3 is 2.43 bits per heavy atom. The summed E-state index contributed by atoms with van der Waals surface area (Å²) in [7, 11) is 3.13. The summed E-state index contributed by atoms with van der Waals surface area (Å²) in [6.45, 7) is -0.0926. The van der Waals surface area contributed by atoms with Gasteiger partial charge < -0.3 is 19.0 Å². The smallest absolute Gasteiger partial charge is 0.204 e. The highest BCUT2D eigenvalue weighted by atomic mass is 16.5. The molecule has 0 aliphatic rings. The number of benzene rings is 2. The minimum absolute atomic E-state index is 0.0926. The molecule has 0 fully saturated rings. The summed E-state index contributed by atoms with van der Waals surface area (Å²) < 4.78 is 16.6. The van der Waals surface area contributed by atoms with Crippen molar-refractivity contribution >= 4 is 11.0 Å². The fraction of sp³-hybridized carbons (Fsp3) is 0.176. The molecule has 0 spiro atoms. The molecular formula is C17H16O4. The number of furan rings is 1. The molecule has 0 amide bonds. The summed E-state index contributed by atoms with van der Waals surface area (Å²) in [5.41, 5.74) is 2.30. The summed E-state index contributed by atoms with van der Waals surface area (Å²) in [5.74, 6) is 1.81. The topological polar surface area (TPSA) is 51.8 Å². The van der Waals surface area contributed by atoms with Crippen LogP contribution in [0.15, 0.2) is 46.9 Å². The normalized spacial score (nSPS) is 10.8. The van der Waals surface area contributed by atoms with Crippen LogP contribution < -0.4 is 9.47 Å². The Morgan fingerprint density at radius 1 is 1.05 bits per heavy atom. The van der Waals surface area contributed by atoms with E-state index < -0.39 is 0 Å². The average molecular weight is 284 g/mol. The predicted molar refractivity (Wildman–Crippen MR) is 80.7 cm³/mol. The maximum Gasteiger partial charge on any atom is 0.204 e. The maximum atomic E-state index is 9.56. The van der Waals surface area contributed by atoms with Gasteiger partial charge in [0.05, 0.1) is 20.8 Å². The standard InChI is InChI=1S/C17H16O4/c1-19-15-8-12(10-18)13-9-14(11-6-4-3-5-7-11)21-16(13)17(15)20-2/h3-9,18H,10H2,1-2H3. The summed E-state index contributed by atoms with van der Waals surface area (Å²) >= 11 is 0. The molecule has 0 atom stereocenters. The second kappa shape index (κ2) is 5.50. The number of rotatable bonds is 4. The Morgan fingerprint density at radius 2 is 1.81 bits per heavy atom. The van der Waals surface area contributed by atoms with Crippen molar-refractivity contribution < 1.29 is 19.0 Å². The number of ether oxygens (including phenoxy) is 2. The van der Waals surface area contributed by atoms with E-state index in [1.54, 1.807) is 20.3 Å². The number of hydrogen-bond donors (Lipinski definition) is 1. The Hall–Kier alpha value is -2.46. The average Bonchev–Trinajstić information content (AvgIpc) is 2.99. The lowest BCUT2D eigenvalue weighted by molar-refractivity contribution is 0.282. The van der Waals surface area contributed by atoms with Gasteiger partial charge in [0.1, 0.15) is 5.76 Å². The molecule has 0 aliphatic heterocycles. The van der Waals surface area contributed by atoms with Crippen LogP contribution in [0.4, 0.5) is 0 Å². The third kappa shape index (κ3) is 2.23. The Bertz CT molecular complexity index is 759. The highest BCUT2D eigenvalue weighted by Gasteiger charge is 2.18. The summed E-state index contributed by atoms with van der Waals surface area (Å²) in [6.07, 6.45) is 0. The van der Waals surface area contributed by atoms with Gasteiger partial charge in [0.2, 0.25) is 5.75 Å². The molecule has 0 saturated carbocycles. The molecule has 2 aromatic carbocycles. The van der Waals surface area contributed by atoms with Gasteiger partial charge in [-0.3, -0.25) is 0 Å². The van der Waals surface area contributed by atoms with Crippen molar-refractivity contribution in [3.8, 4) is 22.8 Å². The zero-order valence-electron chi connectivity index (χ0n) is 11.9. The zero-order valence-corrected chi connectivity index (χ0v) is 11.9. The van der Waals surface area contributed by atoms with Crippen LogP contribution in [0.1, 0.15) is 5.56 Å². The van der Waals surface area contributed by atoms with Crippen LogP contribution in [0, 0.1) is 0 Å². The van der Waals surface area contributed by atoms with Gasteiger partial charge >= 0.3 is 0 Å². The lowest BCUT2D eigenvalue weighted by atomic mass is 10.1. The minimum atomic E-state index is -0.0926. The first kappa shape index (κ1) is 13.5. The molecule has 0 bridgehead atoms. The van der Waals surface area contributed by atoms with Crippen molar-refractivity contribution in [2.24, 2.45) is 0 Å². The second-order valence-corrected chi connectivity index (χ2v) is 4.65. The van der Waals surface area contributed by atoms with Crippen LogP contribution >= 0.6 is 0 Å². The van der Waals surface area contributed by atoms with E-state index in [1.807, 2.05) is 36.4 Å². The van der Waals surface area contributed by atoms with E-state index in [9.17, 15) is 5.11 Å². The van der Waals surface area contributed by atoms with Crippen LogP contribution in [0.3, 0.4) is 0 Å². The van der Waals surface area contributed by atoms with Gasteiger partial charge in [0.25, 0.3) is 0 Å². The van der Waals surface area contributed by atoms with Crippen LogP contribution in [0.2, 0.25) is 0 Å². The van der Waals surface area contributed by atoms with Crippen molar-refractivity contribution in [2.75, 3.05) is 14.2 Å². The Kier molecular flexibility index (Phi) is 3.54. The highest BCUT2D eigenvalue weighted by Crippen LogP contribution is 2.41. The van der Waals surface area contributed by atoms with Gasteiger partial charge in [-0.05, 0) is 17.7 Å². The largest absolute Gasteiger partial charge is 0.493 e. The number of fused-ring (bicyclic) bond motifs is 1. The SMILES string of the molecule is COc1cc(CO)c2cc(-c3ccccc3)oc2c1OC. The van der Waals surface area contributed by atoms with Gasteiger partial charge in [-0.25, -0.2) is 0 Å². The van der Waals surface area contributed by atoms with Crippen molar-refractivity contribution in [1.29, 1.82) is 0 Å². The molecule has 0 saturated heterocycles. The van der Waals surface area contributed by atoms with Gasteiger partial charge in [-0.2, -0.15) is 0 Å². The van der Waals surface area contributed by atoms with Crippen LogP contribution in [0.5, 0.6) is 11.5 Å². The molecule has 21 heavy (non-hydrogen) atoms. The van der Waals surface area contributed by atoms with Crippen molar-refractivity contribution in [1.82, 2.24) is 0 Å². The maximum absolute atomic E-state index is 9.56. The van der Waals surface area contributed by atoms with Gasteiger partial charge in [0.15, 0.2) is 11.3 Å². The molecule has 3 aromatic rings. The minimum Gasteiger partial charge on any atom is -0.493 e. The third-order valence-electron chi connectivity index (χ3n) is 3.47. The number of aliphatic hydroxyl groups excluding tert-OH is 1. The van der Waals surface area contributed by atoms with Gasteiger partial charge in [0, 0.05) is 10.9 Å². The van der Waals surface area contributed by atoms with Crippen molar-refractivity contribution in [3.63, 3.8) is 0 Å². The van der Waals surface area contributed by atoms with E-state index in [1.165, 1.54) is 0 Å². The number of aliphatic hydroxyl groups is 1. The van der Waals surface area contributed by atoms with E-state index in [-0.39, 0.29) is 6.61 Å². The molecule has 4 nitrogen and oxygen atoms in total. The second-order valence-electron chi connectivity index (χ2n) is 4.65. The Balaban J connectivity index is 2.29. The summed E-state index contributed by atoms with van der Waals surface area (Å²) in [5, 5.41) is 10.4. The molecule has 0 radical (unpaired) electrons. The van der Waals surface area contributed by atoms with Crippen LogP contribution in [-0.2, 0) is 6.61 Å². The molecule has 3 rings (SSSR count). The van der Waals surface area contributed by atoms with Crippen molar-refractivity contribution in [2.45, 2.75) is 6.61 Å². The first-order chi connectivity index (χ1) is 10.3. The number of methoxy groups -OCH3 is 2. The van der Waals surface area contributed by atoms with E-state index >= 15 is 0 Å². The van der Waals surface area contributed by atoms with Crippen LogP contribution in [0.25, 0.3) is 22.3 Å². The van der Waals surface area contributed by atoms with Gasteiger partial charge in [-0.1, -0.05) is 30.3 Å². The van der Waals surface area contributed by atoms with Crippen molar-refractivity contribution in [3.05, 3.63) is 48.0 Å². The zero-order chi connectivity index (χ0) is 14.8. The molecule has 1 heterocycles. The predicted octanol–water partition coefficient (Wildman–Crippen LogP) is 3.61. The first-order valence-corrected chi connectivity index (χ1v) is 6.62. The molecular weight excluding hydrogens is 268 g/mol.